The Kier molecular flexibility index (Phi) is 17.9. The van der Waals surface area contributed by atoms with Crippen LogP contribution in [0.5, 0.6) is 11.5 Å². The number of aromatic hydroxyl groups is 1. The molecule has 0 radical (unpaired) electrons. The van der Waals surface area contributed by atoms with Crippen LogP contribution in [0.15, 0.2) is 94.6 Å². The van der Waals surface area contributed by atoms with Gasteiger partial charge in [0.05, 0.1) is 64.2 Å². The predicted octanol–water partition coefficient (Wildman–Crippen LogP) is 6.65. The van der Waals surface area contributed by atoms with Crippen molar-refractivity contribution in [2.24, 2.45) is 20.5 Å². The fourth-order valence-corrected chi connectivity index (χ4v) is 8.66. The van der Waals surface area contributed by atoms with Crippen LogP contribution in [0.2, 0.25) is 0 Å². The highest BCUT2D eigenvalue weighted by Crippen LogP contribution is 2.48. The van der Waals surface area contributed by atoms with Gasteiger partial charge in [-0.05, 0) is 54.6 Å². The fraction of sp³-hybridized carbons (Fsp3) is 0.214. The van der Waals surface area contributed by atoms with Gasteiger partial charge in [-0.2, -0.15) is 8.42 Å². The highest BCUT2D eigenvalue weighted by atomic mass is 32.2. The standard InChI is InChI=1S/C28H29N5O20S6/c1-29-20-6-5-18-19(26(20)32-31-22-14-17(4-8-25(22)59(42,43)44)58(40,41)12-10-47-56-53-50-37)15-24(54-51-48-35)27(28(18)34)33-30-21-13-16(3-7-23(21)45-2)57(38,39)11-9-46-55-52-49-36/h3-8,13-15,29,34-37H,9-12H2,1-2H3,(H,42,43,44). The summed E-state index contributed by atoms with van der Waals surface area (Å²) in [5.41, 5.74) is -0.899. The Bertz CT molecular complexity index is 2490. The molecular formula is C28H29N5O20S6. The number of nitrogens with zero attached hydrogens (tertiary/aromatic N) is 4. The van der Waals surface area contributed by atoms with Crippen LogP contribution in [0.1, 0.15) is 0 Å². The van der Waals surface area contributed by atoms with E-state index in [4.69, 9.17) is 28.9 Å². The summed E-state index contributed by atoms with van der Waals surface area (Å²) >= 11 is 0.656. The minimum atomic E-state index is -5.00. The fourth-order valence-electron chi connectivity index (χ4n) is 4.72. The second kappa shape index (κ2) is 22.1. The molecule has 0 aromatic heterocycles. The first-order valence-corrected chi connectivity index (χ1v) is 22.2. The SMILES string of the molecule is CNc1ccc2c(O)c(N=Nc3cc(S(=O)(=O)CCOSOOO)ccc3OC)c(SOOO)cc2c1N=Nc1cc(S(=O)(=O)CCOSOOO)ccc1S(=O)(=O)O. The summed E-state index contributed by atoms with van der Waals surface area (Å²) < 4.78 is 114. The van der Waals surface area contributed by atoms with Crippen LogP contribution < -0.4 is 10.1 Å². The largest absolute Gasteiger partial charge is 0.505 e. The number of rotatable bonds is 24. The maximum atomic E-state index is 13.0. The van der Waals surface area contributed by atoms with Gasteiger partial charge in [-0.3, -0.25) is 12.9 Å². The summed E-state index contributed by atoms with van der Waals surface area (Å²) in [5.74, 6) is -1.71. The molecule has 0 amide bonds. The number of azo groups is 2. The summed E-state index contributed by atoms with van der Waals surface area (Å²) in [5, 5.41) is 66.4. The average Bonchev–Trinajstić information content (AvgIpc) is 3.20. The monoisotopic (exact) mass is 947 g/mol. The number of sulfone groups is 2. The zero-order valence-corrected chi connectivity index (χ0v) is 34.5. The zero-order chi connectivity index (χ0) is 43.2. The number of fused-ring (bicyclic) bond motifs is 1. The molecule has 4 rings (SSSR count). The summed E-state index contributed by atoms with van der Waals surface area (Å²) in [6.45, 7) is -0.844. The number of hydrogen-bond acceptors (Lipinski definition) is 27. The van der Waals surface area contributed by atoms with Gasteiger partial charge in [0, 0.05) is 17.8 Å². The van der Waals surface area contributed by atoms with Gasteiger partial charge in [0.25, 0.3) is 10.1 Å². The van der Waals surface area contributed by atoms with Gasteiger partial charge in [-0.25, -0.2) is 32.6 Å². The first kappa shape index (κ1) is 47.8. The molecule has 0 saturated heterocycles. The normalized spacial score (nSPS) is 12.6. The Morgan fingerprint density at radius 3 is 1.80 bits per heavy atom. The first-order valence-electron chi connectivity index (χ1n) is 15.4. The van der Waals surface area contributed by atoms with Crippen molar-refractivity contribution in [3.8, 4) is 11.5 Å². The van der Waals surface area contributed by atoms with Gasteiger partial charge in [0.15, 0.2) is 50.1 Å². The lowest BCUT2D eigenvalue weighted by atomic mass is 10.1. The van der Waals surface area contributed by atoms with E-state index in [0.717, 1.165) is 24.3 Å². The molecule has 0 unspecified atom stereocenters. The highest BCUT2D eigenvalue weighted by Gasteiger charge is 2.24. The van der Waals surface area contributed by atoms with E-state index >= 15 is 0 Å². The topological polar surface area (TPSA) is 348 Å². The van der Waals surface area contributed by atoms with Crippen molar-refractivity contribution in [3.05, 3.63) is 54.6 Å². The molecular weight excluding hydrogens is 919 g/mol. The maximum Gasteiger partial charge on any atom is 0.296 e. The summed E-state index contributed by atoms with van der Waals surface area (Å²) in [6, 6.07) is 10.4. The minimum absolute atomic E-state index is 0.0256. The lowest BCUT2D eigenvalue weighted by Gasteiger charge is -2.13. The van der Waals surface area contributed by atoms with Gasteiger partial charge in [0.1, 0.15) is 33.4 Å². The molecule has 0 spiro atoms. The zero-order valence-electron chi connectivity index (χ0n) is 29.6. The molecule has 4 aromatic rings. The first-order chi connectivity index (χ1) is 28.1. The Morgan fingerprint density at radius 1 is 0.678 bits per heavy atom. The number of phenols is 1. The van der Waals surface area contributed by atoms with E-state index in [9.17, 15) is 34.9 Å². The van der Waals surface area contributed by atoms with Crippen molar-refractivity contribution in [3.63, 3.8) is 0 Å². The van der Waals surface area contributed by atoms with Crippen molar-refractivity contribution >= 4 is 106 Å². The molecule has 31 heteroatoms. The van der Waals surface area contributed by atoms with Crippen LogP contribution in [0.3, 0.4) is 0 Å². The quantitative estimate of drug-likeness (QED) is 0.0107. The van der Waals surface area contributed by atoms with Gasteiger partial charge in [-0.1, -0.05) is 15.1 Å². The van der Waals surface area contributed by atoms with Crippen LogP contribution in [0.4, 0.5) is 28.4 Å². The third kappa shape index (κ3) is 12.8. The number of phenolic OH excluding ortho intramolecular Hbond substituents is 1. The number of hydrogen-bond donors (Lipinski definition) is 6. The van der Waals surface area contributed by atoms with Gasteiger partial charge in [-0.15, -0.1) is 33.5 Å². The Labute approximate surface area is 346 Å². The number of methoxy groups -OCH3 is 1. The van der Waals surface area contributed by atoms with Crippen molar-refractivity contribution in [2.75, 3.05) is 44.2 Å². The molecule has 322 valence electrons. The Balaban J connectivity index is 1.81. The van der Waals surface area contributed by atoms with Gasteiger partial charge < -0.3 is 15.2 Å². The van der Waals surface area contributed by atoms with E-state index in [1.54, 1.807) is 0 Å². The van der Waals surface area contributed by atoms with Crippen molar-refractivity contribution in [1.29, 1.82) is 0 Å². The molecule has 0 heterocycles. The molecule has 0 aliphatic carbocycles. The van der Waals surface area contributed by atoms with Crippen LogP contribution in [0.25, 0.3) is 10.8 Å². The summed E-state index contributed by atoms with van der Waals surface area (Å²) in [6.07, 6.45) is 0. The number of benzene rings is 4. The van der Waals surface area contributed by atoms with E-state index < -0.39 is 69.1 Å². The molecule has 0 saturated carbocycles. The smallest absolute Gasteiger partial charge is 0.296 e. The number of anilines is 1. The molecule has 0 bridgehead atoms. The van der Waals surface area contributed by atoms with Crippen LogP contribution in [-0.2, 0) is 66.3 Å². The van der Waals surface area contributed by atoms with E-state index in [2.05, 4.69) is 53.9 Å². The average molecular weight is 948 g/mol. The van der Waals surface area contributed by atoms with Gasteiger partial charge in [0.2, 0.25) is 0 Å². The molecule has 0 fully saturated rings. The van der Waals surface area contributed by atoms with Crippen molar-refractivity contribution in [2.45, 2.75) is 19.6 Å². The van der Waals surface area contributed by atoms with Crippen LogP contribution in [-0.4, -0.2) is 89.6 Å². The predicted molar refractivity (Wildman–Crippen MR) is 204 cm³/mol. The number of ether oxygens (including phenoxy) is 1. The van der Waals surface area contributed by atoms with Gasteiger partial charge >= 0.3 is 0 Å². The van der Waals surface area contributed by atoms with Crippen molar-refractivity contribution < 1.29 is 91.9 Å². The van der Waals surface area contributed by atoms with Crippen LogP contribution >= 0.6 is 36.7 Å². The van der Waals surface area contributed by atoms with Crippen molar-refractivity contribution in [1.82, 2.24) is 0 Å². The Morgan fingerprint density at radius 2 is 1.24 bits per heavy atom. The van der Waals surface area contributed by atoms with Crippen LogP contribution in [0, 0.1) is 0 Å². The lowest BCUT2D eigenvalue weighted by molar-refractivity contribution is -0.434. The lowest BCUT2D eigenvalue weighted by Crippen LogP contribution is -2.11. The molecule has 0 aliphatic rings. The molecule has 25 nitrogen and oxygen atoms in total. The summed E-state index contributed by atoms with van der Waals surface area (Å²) in [4.78, 5) is -1.59. The second-order valence-electron chi connectivity index (χ2n) is 10.6. The third-order valence-corrected chi connectivity index (χ3v) is 12.9. The second-order valence-corrected chi connectivity index (χ2v) is 18.0. The highest BCUT2D eigenvalue weighted by molar-refractivity contribution is 7.94. The molecule has 59 heavy (non-hydrogen) atoms. The summed E-state index contributed by atoms with van der Waals surface area (Å²) in [7, 11) is -10.4. The molecule has 0 atom stereocenters. The molecule has 0 aliphatic heterocycles. The molecule has 6 N–H and O–H groups in total. The Hall–Kier alpha value is -3.84. The number of nitrogens with one attached hydrogen (secondary N) is 1. The minimum Gasteiger partial charge on any atom is -0.505 e. The van der Waals surface area contributed by atoms with E-state index in [1.807, 2.05) is 0 Å². The van der Waals surface area contributed by atoms with E-state index in [1.165, 1.54) is 44.5 Å². The van der Waals surface area contributed by atoms with E-state index in [-0.39, 0.29) is 80.3 Å². The third-order valence-electron chi connectivity index (χ3n) is 7.30. The molecule has 4 aromatic carbocycles. The van der Waals surface area contributed by atoms with E-state index in [0.29, 0.717) is 12.0 Å². The maximum absolute atomic E-state index is 13.0.